The first-order valence-electron chi connectivity index (χ1n) is 8.06. The Bertz CT molecular complexity index is 654. The van der Waals surface area contributed by atoms with E-state index < -0.39 is 6.10 Å². The van der Waals surface area contributed by atoms with Gasteiger partial charge in [0.2, 0.25) is 5.89 Å². The van der Waals surface area contributed by atoms with Gasteiger partial charge in [0.05, 0.1) is 12.6 Å². The third-order valence-electron chi connectivity index (χ3n) is 3.71. The Labute approximate surface area is 141 Å². The van der Waals surface area contributed by atoms with Gasteiger partial charge < -0.3 is 19.8 Å². The van der Waals surface area contributed by atoms with Crippen LogP contribution in [0.5, 0.6) is 0 Å². The summed E-state index contributed by atoms with van der Waals surface area (Å²) in [7, 11) is 0. The van der Waals surface area contributed by atoms with Crippen molar-refractivity contribution in [1.82, 2.24) is 20.4 Å². The number of hydrogen-bond acceptors (Lipinski definition) is 5. The Balaban J connectivity index is 1.83. The minimum absolute atomic E-state index is 0.222. The molecule has 0 fully saturated rings. The summed E-state index contributed by atoms with van der Waals surface area (Å²) in [5.74, 6) is 1.07. The van der Waals surface area contributed by atoms with Gasteiger partial charge in [0, 0.05) is 19.5 Å². The number of aryl methyl sites for hydroxylation is 2. The summed E-state index contributed by atoms with van der Waals surface area (Å²) in [5.41, 5.74) is 1.93. The number of rotatable bonds is 7. The van der Waals surface area contributed by atoms with E-state index in [1.54, 1.807) is 11.8 Å². The summed E-state index contributed by atoms with van der Waals surface area (Å²) in [6.45, 7) is 6.77. The van der Waals surface area contributed by atoms with Gasteiger partial charge in [0.25, 0.3) is 0 Å². The number of carbonyl (C=O) groups is 1. The van der Waals surface area contributed by atoms with Crippen LogP contribution in [0.3, 0.4) is 0 Å². The Kier molecular flexibility index (Phi) is 6.31. The first-order chi connectivity index (χ1) is 11.5. The van der Waals surface area contributed by atoms with Crippen molar-refractivity contribution >= 4 is 6.03 Å². The van der Waals surface area contributed by atoms with E-state index in [1.807, 2.05) is 38.1 Å². The maximum absolute atomic E-state index is 12.2. The number of nitrogens with zero attached hydrogens (tertiary/aromatic N) is 3. The highest BCUT2D eigenvalue weighted by molar-refractivity contribution is 5.74. The van der Waals surface area contributed by atoms with Crippen LogP contribution in [-0.4, -0.2) is 45.8 Å². The molecule has 1 unspecified atom stereocenters. The largest absolute Gasteiger partial charge is 0.387 e. The molecule has 2 aromatic rings. The zero-order valence-electron chi connectivity index (χ0n) is 14.3. The van der Waals surface area contributed by atoms with E-state index in [-0.39, 0.29) is 12.6 Å². The smallest absolute Gasteiger partial charge is 0.317 e. The van der Waals surface area contributed by atoms with Crippen LogP contribution in [0.15, 0.2) is 28.8 Å². The number of benzene rings is 1. The molecule has 0 radical (unpaired) electrons. The standard InChI is InChI=1S/C17H24N4O3/c1-4-21(11-15(22)14-7-5-12(2)6-8-14)17(23)18-10-9-16-19-13(3)20-24-16/h5-8,15,22H,4,9-11H2,1-3H3,(H,18,23). The summed E-state index contributed by atoms with van der Waals surface area (Å²) in [4.78, 5) is 17.9. The Morgan fingerprint density at radius 1 is 1.33 bits per heavy atom. The zero-order chi connectivity index (χ0) is 17.5. The molecule has 0 aliphatic carbocycles. The molecular formula is C17H24N4O3. The molecular weight excluding hydrogens is 308 g/mol. The molecule has 0 bridgehead atoms. The average Bonchev–Trinajstić information content (AvgIpc) is 2.98. The van der Waals surface area contributed by atoms with Gasteiger partial charge in [-0.25, -0.2) is 4.79 Å². The van der Waals surface area contributed by atoms with E-state index in [2.05, 4.69) is 15.5 Å². The topological polar surface area (TPSA) is 91.5 Å². The van der Waals surface area contributed by atoms with Gasteiger partial charge in [-0.2, -0.15) is 4.98 Å². The highest BCUT2D eigenvalue weighted by Crippen LogP contribution is 2.15. The second-order valence-electron chi connectivity index (χ2n) is 5.68. The number of aromatic nitrogens is 2. The van der Waals surface area contributed by atoms with Gasteiger partial charge in [-0.15, -0.1) is 0 Å². The zero-order valence-corrected chi connectivity index (χ0v) is 14.3. The van der Waals surface area contributed by atoms with Crippen LogP contribution in [-0.2, 0) is 6.42 Å². The number of hydrogen-bond donors (Lipinski definition) is 2. The lowest BCUT2D eigenvalue weighted by Gasteiger charge is -2.24. The Morgan fingerprint density at radius 2 is 2.04 bits per heavy atom. The second kappa shape index (κ2) is 8.44. The molecule has 0 aliphatic rings. The third kappa shape index (κ3) is 5.06. The van der Waals surface area contributed by atoms with Gasteiger partial charge in [-0.1, -0.05) is 35.0 Å². The molecule has 2 rings (SSSR count). The van der Waals surface area contributed by atoms with Crippen LogP contribution in [0, 0.1) is 13.8 Å². The molecule has 130 valence electrons. The van der Waals surface area contributed by atoms with E-state index in [4.69, 9.17) is 4.52 Å². The van der Waals surface area contributed by atoms with E-state index in [1.165, 1.54) is 0 Å². The molecule has 1 aromatic heterocycles. The summed E-state index contributed by atoms with van der Waals surface area (Å²) in [5, 5.41) is 16.8. The van der Waals surface area contributed by atoms with Crippen molar-refractivity contribution in [3.8, 4) is 0 Å². The summed E-state index contributed by atoms with van der Waals surface area (Å²) < 4.78 is 5.00. The molecule has 0 saturated carbocycles. The molecule has 2 amide bonds. The highest BCUT2D eigenvalue weighted by Gasteiger charge is 2.17. The van der Waals surface area contributed by atoms with Gasteiger partial charge in [0.1, 0.15) is 0 Å². The van der Waals surface area contributed by atoms with Crippen molar-refractivity contribution < 1.29 is 14.4 Å². The lowest BCUT2D eigenvalue weighted by Crippen LogP contribution is -2.42. The SMILES string of the molecule is CCN(CC(O)c1ccc(C)cc1)C(=O)NCCc1nc(C)no1. The number of aliphatic hydroxyl groups is 1. The van der Waals surface area contributed by atoms with Gasteiger partial charge >= 0.3 is 6.03 Å². The number of likely N-dealkylation sites (N-methyl/N-ethyl adjacent to an activating group) is 1. The number of carbonyl (C=O) groups excluding carboxylic acids is 1. The monoisotopic (exact) mass is 332 g/mol. The van der Waals surface area contributed by atoms with E-state index in [0.717, 1.165) is 11.1 Å². The fourth-order valence-corrected chi connectivity index (χ4v) is 2.29. The van der Waals surface area contributed by atoms with Crippen molar-refractivity contribution in [2.45, 2.75) is 33.3 Å². The Hall–Kier alpha value is -2.41. The van der Waals surface area contributed by atoms with Gasteiger partial charge in [-0.05, 0) is 26.3 Å². The molecule has 1 aromatic carbocycles. The first-order valence-corrected chi connectivity index (χ1v) is 8.06. The Morgan fingerprint density at radius 3 is 2.62 bits per heavy atom. The fraction of sp³-hybridized carbons (Fsp3) is 0.471. The normalized spacial score (nSPS) is 12.0. The van der Waals surface area contributed by atoms with Crippen molar-refractivity contribution in [2.75, 3.05) is 19.6 Å². The molecule has 7 nitrogen and oxygen atoms in total. The fourth-order valence-electron chi connectivity index (χ4n) is 2.29. The van der Waals surface area contributed by atoms with Crippen molar-refractivity contribution in [2.24, 2.45) is 0 Å². The molecule has 7 heteroatoms. The highest BCUT2D eigenvalue weighted by atomic mass is 16.5. The average molecular weight is 332 g/mol. The minimum Gasteiger partial charge on any atom is -0.387 e. The van der Waals surface area contributed by atoms with Gasteiger partial charge in [0.15, 0.2) is 5.82 Å². The van der Waals surface area contributed by atoms with Crippen molar-refractivity contribution in [3.05, 3.63) is 47.1 Å². The number of nitrogens with one attached hydrogen (secondary N) is 1. The molecule has 0 spiro atoms. The summed E-state index contributed by atoms with van der Waals surface area (Å²) >= 11 is 0. The third-order valence-corrected chi connectivity index (χ3v) is 3.71. The predicted molar refractivity (Wildman–Crippen MR) is 89.5 cm³/mol. The van der Waals surface area contributed by atoms with Crippen LogP contribution >= 0.6 is 0 Å². The quantitative estimate of drug-likeness (QED) is 0.809. The summed E-state index contributed by atoms with van der Waals surface area (Å²) in [6, 6.07) is 7.43. The summed E-state index contributed by atoms with van der Waals surface area (Å²) in [6.07, 6.45) is -0.236. The first kappa shape index (κ1) is 17.9. The number of urea groups is 1. The maximum Gasteiger partial charge on any atom is 0.317 e. The molecule has 1 heterocycles. The molecule has 1 atom stereocenters. The minimum atomic E-state index is -0.713. The number of aliphatic hydroxyl groups excluding tert-OH is 1. The maximum atomic E-state index is 12.2. The van der Waals surface area contributed by atoms with Crippen LogP contribution in [0.1, 0.15) is 35.9 Å². The van der Waals surface area contributed by atoms with E-state index in [0.29, 0.717) is 31.2 Å². The van der Waals surface area contributed by atoms with Crippen molar-refractivity contribution in [1.29, 1.82) is 0 Å². The van der Waals surface area contributed by atoms with Crippen LogP contribution in [0.25, 0.3) is 0 Å². The van der Waals surface area contributed by atoms with Crippen LogP contribution < -0.4 is 5.32 Å². The lowest BCUT2D eigenvalue weighted by molar-refractivity contribution is 0.123. The van der Waals surface area contributed by atoms with Crippen LogP contribution in [0.4, 0.5) is 4.79 Å². The van der Waals surface area contributed by atoms with Gasteiger partial charge in [-0.3, -0.25) is 0 Å². The molecule has 0 aliphatic heterocycles. The predicted octanol–water partition coefficient (Wildman–Crippen LogP) is 1.99. The van der Waals surface area contributed by atoms with E-state index >= 15 is 0 Å². The molecule has 24 heavy (non-hydrogen) atoms. The lowest BCUT2D eigenvalue weighted by atomic mass is 10.1. The van der Waals surface area contributed by atoms with Crippen molar-refractivity contribution in [3.63, 3.8) is 0 Å². The second-order valence-corrected chi connectivity index (χ2v) is 5.68. The van der Waals surface area contributed by atoms with Crippen LogP contribution in [0.2, 0.25) is 0 Å². The number of amides is 2. The molecule has 2 N–H and O–H groups in total. The molecule has 0 saturated heterocycles. The van der Waals surface area contributed by atoms with E-state index in [9.17, 15) is 9.90 Å².